The molecule has 1 spiro atoms. The summed E-state index contributed by atoms with van der Waals surface area (Å²) in [7, 11) is -3.18. The first-order valence-corrected chi connectivity index (χ1v) is 13.5. The zero-order valence-corrected chi connectivity index (χ0v) is 20.1. The Labute approximate surface area is 199 Å². The second kappa shape index (κ2) is 8.86. The van der Waals surface area contributed by atoms with Gasteiger partial charge in [0.15, 0.2) is 9.84 Å². The molecule has 3 aliphatic rings. The summed E-state index contributed by atoms with van der Waals surface area (Å²) in [5.41, 5.74) is 2.90. The Hall–Kier alpha value is -2.63. The number of likely N-dealkylation sites (tertiary alicyclic amines) is 2. The van der Waals surface area contributed by atoms with Crippen LogP contribution in [0.15, 0.2) is 35.6 Å². The Balaban J connectivity index is 1.22. The third kappa shape index (κ3) is 4.39. The van der Waals surface area contributed by atoms with E-state index >= 15 is 0 Å². The van der Waals surface area contributed by atoms with Gasteiger partial charge in [0.2, 0.25) is 5.91 Å². The minimum atomic E-state index is -3.18. The molecule has 1 aromatic heterocycles. The van der Waals surface area contributed by atoms with Gasteiger partial charge in [0, 0.05) is 25.2 Å². The SMILES string of the molecule is Cc1cc(-n2cnnn2)ccc1C(O)CN1CCC2(CCCN(C3=CS(=O)(=O)CC3)C2=O)CC1. The number of carbonyl (C=O) groups excluding carboxylic acids is 1. The molecule has 4 heterocycles. The van der Waals surface area contributed by atoms with Gasteiger partial charge in [-0.2, -0.15) is 0 Å². The number of aliphatic hydroxyl groups is 1. The van der Waals surface area contributed by atoms with Crippen LogP contribution in [-0.4, -0.2) is 81.4 Å². The number of tetrazole rings is 1. The maximum Gasteiger partial charge on any atom is 0.233 e. The van der Waals surface area contributed by atoms with Crippen LogP contribution in [-0.2, 0) is 14.6 Å². The first kappa shape index (κ1) is 23.1. The lowest BCUT2D eigenvalue weighted by molar-refractivity contribution is -0.147. The quantitative estimate of drug-likeness (QED) is 0.673. The normalized spacial score (nSPS) is 23.3. The van der Waals surface area contributed by atoms with Crippen molar-refractivity contribution in [2.75, 3.05) is 31.9 Å². The molecule has 1 N–H and O–H groups in total. The number of aromatic nitrogens is 4. The summed E-state index contributed by atoms with van der Waals surface area (Å²) >= 11 is 0. The summed E-state index contributed by atoms with van der Waals surface area (Å²) in [4.78, 5) is 17.4. The molecule has 10 nitrogen and oxygen atoms in total. The van der Waals surface area contributed by atoms with Crippen molar-refractivity contribution in [3.8, 4) is 5.69 Å². The highest BCUT2D eigenvalue weighted by atomic mass is 32.2. The molecule has 1 unspecified atom stereocenters. The number of amides is 1. The van der Waals surface area contributed by atoms with Crippen LogP contribution in [0.4, 0.5) is 0 Å². The van der Waals surface area contributed by atoms with Crippen molar-refractivity contribution in [2.24, 2.45) is 5.41 Å². The van der Waals surface area contributed by atoms with Gasteiger partial charge in [-0.15, -0.1) is 5.10 Å². The van der Waals surface area contributed by atoms with Crippen LogP contribution in [0.3, 0.4) is 0 Å². The molecule has 34 heavy (non-hydrogen) atoms. The molecule has 1 amide bonds. The molecule has 1 atom stereocenters. The van der Waals surface area contributed by atoms with E-state index in [2.05, 4.69) is 20.4 Å². The zero-order chi connectivity index (χ0) is 23.9. The van der Waals surface area contributed by atoms with E-state index in [9.17, 15) is 18.3 Å². The van der Waals surface area contributed by atoms with Crippen LogP contribution >= 0.6 is 0 Å². The number of aliphatic hydroxyl groups excluding tert-OH is 1. The molecule has 0 aliphatic carbocycles. The number of hydrogen-bond acceptors (Lipinski definition) is 8. The van der Waals surface area contributed by atoms with Gasteiger partial charge < -0.3 is 14.9 Å². The Morgan fingerprint density at radius 3 is 2.62 bits per heavy atom. The van der Waals surface area contributed by atoms with E-state index in [-0.39, 0.29) is 11.7 Å². The average molecular weight is 487 g/mol. The Kier molecular flexibility index (Phi) is 6.03. The molecule has 182 valence electrons. The van der Waals surface area contributed by atoms with Gasteiger partial charge >= 0.3 is 0 Å². The first-order valence-electron chi connectivity index (χ1n) is 11.8. The highest BCUT2D eigenvalue weighted by molar-refractivity contribution is 7.94. The van der Waals surface area contributed by atoms with Crippen molar-refractivity contribution in [2.45, 2.75) is 45.1 Å². The fraction of sp³-hybridized carbons (Fsp3) is 0.565. The summed E-state index contributed by atoms with van der Waals surface area (Å²) in [6.07, 6.45) is 4.51. The van der Waals surface area contributed by atoms with Gasteiger partial charge in [-0.1, -0.05) is 6.07 Å². The molecule has 0 saturated carbocycles. The molecule has 0 bridgehead atoms. The molecule has 1 aromatic carbocycles. The maximum atomic E-state index is 13.4. The number of allylic oxidation sites excluding steroid dienone is 1. The standard InChI is InChI=1S/C23H30N6O4S/c1-17-13-18(29-16-24-25-26-29)3-4-20(17)21(30)14-27-10-7-23(8-11-27)6-2-9-28(22(23)31)19-5-12-34(32,33)15-19/h3-4,13,15-16,21,30H,2,5-12,14H2,1H3. The van der Waals surface area contributed by atoms with E-state index in [1.807, 2.05) is 25.1 Å². The van der Waals surface area contributed by atoms with Gasteiger partial charge in [0.25, 0.3) is 0 Å². The number of sulfone groups is 1. The molecule has 11 heteroatoms. The predicted octanol–water partition coefficient (Wildman–Crippen LogP) is 1.37. The third-order valence-electron chi connectivity index (χ3n) is 7.51. The highest BCUT2D eigenvalue weighted by Gasteiger charge is 2.47. The fourth-order valence-electron chi connectivity index (χ4n) is 5.54. The van der Waals surface area contributed by atoms with E-state index < -0.39 is 21.4 Å². The van der Waals surface area contributed by atoms with Gasteiger partial charge in [0.05, 0.1) is 28.4 Å². The molecular formula is C23H30N6O4S. The number of piperidine rings is 2. The molecule has 2 saturated heterocycles. The second-order valence-corrected chi connectivity index (χ2v) is 11.6. The van der Waals surface area contributed by atoms with Crippen LogP contribution in [0.1, 0.15) is 49.3 Å². The van der Waals surface area contributed by atoms with Gasteiger partial charge in [-0.05, 0) is 79.4 Å². The molecule has 2 aromatic rings. The Morgan fingerprint density at radius 1 is 1.18 bits per heavy atom. The first-order chi connectivity index (χ1) is 16.3. The number of carbonyl (C=O) groups is 1. The van der Waals surface area contributed by atoms with Crippen LogP contribution in [0, 0.1) is 12.3 Å². The lowest BCUT2D eigenvalue weighted by atomic mass is 9.71. The number of aryl methyl sites for hydroxylation is 1. The van der Waals surface area contributed by atoms with Crippen LogP contribution in [0.25, 0.3) is 5.69 Å². The smallest absolute Gasteiger partial charge is 0.233 e. The van der Waals surface area contributed by atoms with Gasteiger partial charge in [0.1, 0.15) is 6.33 Å². The number of hydrogen-bond donors (Lipinski definition) is 1. The van der Waals surface area contributed by atoms with Crippen molar-refractivity contribution in [3.05, 3.63) is 46.8 Å². The molecular weight excluding hydrogens is 456 g/mol. The van der Waals surface area contributed by atoms with Crippen LogP contribution in [0.2, 0.25) is 0 Å². The van der Waals surface area contributed by atoms with Crippen molar-refractivity contribution >= 4 is 15.7 Å². The Bertz CT molecular complexity index is 1200. The predicted molar refractivity (Wildman–Crippen MR) is 124 cm³/mol. The lowest BCUT2D eigenvalue weighted by Gasteiger charge is -2.47. The van der Waals surface area contributed by atoms with Crippen molar-refractivity contribution in [1.82, 2.24) is 30.0 Å². The van der Waals surface area contributed by atoms with E-state index in [0.29, 0.717) is 25.2 Å². The minimum Gasteiger partial charge on any atom is -0.387 e. The fourth-order valence-corrected chi connectivity index (χ4v) is 6.81. The molecule has 5 rings (SSSR count). The summed E-state index contributed by atoms with van der Waals surface area (Å²) in [5.74, 6) is 0.178. The van der Waals surface area contributed by atoms with E-state index in [0.717, 1.165) is 55.6 Å². The summed E-state index contributed by atoms with van der Waals surface area (Å²) in [6, 6.07) is 5.75. The van der Waals surface area contributed by atoms with Crippen LogP contribution in [0.5, 0.6) is 0 Å². The summed E-state index contributed by atoms with van der Waals surface area (Å²) < 4.78 is 25.3. The van der Waals surface area contributed by atoms with Crippen molar-refractivity contribution in [1.29, 1.82) is 0 Å². The molecule has 0 radical (unpaired) electrons. The number of β-amino-alcohol motifs (C(OH)–C–C–N with tert-alkyl or cyclic N) is 1. The monoisotopic (exact) mass is 486 g/mol. The van der Waals surface area contributed by atoms with E-state index in [1.165, 1.54) is 11.7 Å². The lowest BCUT2D eigenvalue weighted by Crippen LogP contribution is -2.53. The second-order valence-electron chi connectivity index (χ2n) is 9.68. The summed E-state index contributed by atoms with van der Waals surface area (Å²) in [6.45, 7) is 4.53. The van der Waals surface area contributed by atoms with Crippen LogP contribution < -0.4 is 0 Å². The van der Waals surface area contributed by atoms with E-state index in [1.54, 1.807) is 9.58 Å². The third-order valence-corrected chi connectivity index (χ3v) is 8.92. The number of benzene rings is 1. The highest BCUT2D eigenvalue weighted by Crippen LogP contribution is 2.43. The number of rotatable bonds is 5. The zero-order valence-electron chi connectivity index (χ0n) is 19.3. The largest absolute Gasteiger partial charge is 0.387 e. The van der Waals surface area contributed by atoms with Crippen molar-refractivity contribution in [3.63, 3.8) is 0 Å². The average Bonchev–Trinajstić information content (AvgIpc) is 3.47. The Morgan fingerprint density at radius 2 is 1.97 bits per heavy atom. The topological polar surface area (TPSA) is 122 Å². The maximum absolute atomic E-state index is 13.4. The van der Waals surface area contributed by atoms with Crippen molar-refractivity contribution < 1.29 is 18.3 Å². The molecule has 2 fully saturated rings. The van der Waals surface area contributed by atoms with Gasteiger partial charge in [-0.3, -0.25) is 4.79 Å². The van der Waals surface area contributed by atoms with E-state index in [4.69, 9.17) is 0 Å². The molecule has 3 aliphatic heterocycles. The number of nitrogens with zero attached hydrogens (tertiary/aromatic N) is 6. The van der Waals surface area contributed by atoms with Gasteiger partial charge in [-0.25, -0.2) is 13.1 Å². The summed E-state index contributed by atoms with van der Waals surface area (Å²) in [5, 5.41) is 23.4. The minimum absolute atomic E-state index is 0.0799.